The van der Waals surface area contributed by atoms with Gasteiger partial charge in [0.05, 0.1) is 18.9 Å². The Morgan fingerprint density at radius 2 is 2.14 bits per heavy atom. The van der Waals surface area contributed by atoms with Crippen LogP contribution in [0.25, 0.3) is 5.69 Å². The van der Waals surface area contributed by atoms with Gasteiger partial charge < -0.3 is 20.4 Å². The third kappa shape index (κ3) is 3.04. The molecule has 1 amide bonds. The Bertz CT molecular complexity index is 668. The molecule has 0 radical (unpaired) electrons. The van der Waals surface area contributed by atoms with E-state index < -0.39 is 0 Å². The molecule has 0 spiro atoms. The molecule has 0 saturated carbocycles. The number of amides is 1. The van der Waals surface area contributed by atoms with Gasteiger partial charge in [-0.1, -0.05) is 0 Å². The van der Waals surface area contributed by atoms with E-state index in [0.29, 0.717) is 25.4 Å². The first-order valence-electron chi connectivity index (χ1n) is 6.72. The van der Waals surface area contributed by atoms with E-state index in [-0.39, 0.29) is 17.6 Å². The summed E-state index contributed by atoms with van der Waals surface area (Å²) in [4.78, 5) is 26.1. The average Bonchev–Trinajstić information content (AvgIpc) is 2.95. The van der Waals surface area contributed by atoms with Gasteiger partial charge in [-0.25, -0.2) is 4.79 Å². The normalized spacial score (nSPS) is 18.4. The molecule has 1 unspecified atom stereocenters. The van der Waals surface area contributed by atoms with Crippen LogP contribution in [0.15, 0.2) is 41.5 Å². The predicted octanol–water partition coefficient (Wildman–Crippen LogP) is 0.0925. The van der Waals surface area contributed by atoms with Crippen molar-refractivity contribution in [1.29, 1.82) is 0 Å². The van der Waals surface area contributed by atoms with Gasteiger partial charge in [-0.15, -0.1) is 0 Å². The average molecular weight is 288 g/mol. The molecule has 1 atom stereocenters. The van der Waals surface area contributed by atoms with Crippen molar-refractivity contribution in [3.63, 3.8) is 0 Å². The Labute approximate surface area is 120 Å². The Kier molecular flexibility index (Phi) is 3.85. The number of imidazole rings is 1. The van der Waals surface area contributed by atoms with Crippen molar-refractivity contribution in [2.45, 2.75) is 6.04 Å². The van der Waals surface area contributed by atoms with Crippen LogP contribution in [0.2, 0.25) is 0 Å². The number of nitrogens with one attached hydrogen (secondary N) is 3. The summed E-state index contributed by atoms with van der Waals surface area (Å²) in [5, 5.41) is 5.92. The number of ether oxygens (including phenoxy) is 1. The van der Waals surface area contributed by atoms with Crippen LogP contribution in [0.5, 0.6) is 0 Å². The largest absolute Gasteiger partial charge is 0.378 e. The highest BCUT2D eigenvalue weighted by atomic mass is 16.5. The fourth-order valence-corrected chi connectivity index (χ4v) is 2.19. The highest BCUT2D eigenvalue weighted by Gasteiger charge is 2.20. The molecule has 1 aromatic heterocycles. The highest BCUT2D eigenvalue weighted by molar-refractivity contribution is 5.95. The number of hydrogen-bond acceptors (Lipinski definition) is 4. The van der Waals surface area contributed by atoms with E-state index >= 15 is 0 Å². The lowest BCUT2D eigenvalue weighted by atomic mass is 10.2. The highest BCUT2D eigenvalue weighted by Crippen LogP contribution is 2.12. The number of rotatable bonds is 3. The van der Waals surface area contributed by atoms with Crippen molar-refractivity contribution in [1.82, 2.24) is 14.9 Å². The number of morpholine rings is 1. The number of H-pyrrole nitrogens is 1. The molecular formula is C14H16N4O3. The van der Waals surface area contributed by atoms with Gasteiger partial charge in [-0.3, -0.25) is 9.36 Å². The molecule has 7 nitrogen and oxygen atoms in total. The summed E-state index contributed by atoms with van der Waals surface area (Å²) in [6.07, 6.45) is 3.23. The van der Waals surface area contributed by atoms with Crippen LogP contribution in [-0.4, -0.2) is 41.3 Å². The molecule has 21 heavy (non-hydrogen) atoms. The van der Waals surface area contributed by atoms with Crippen LogP contribution in [0.1, 0.15) is 0 Å². The molecular weight excluding hydrogens is 272 g/mol. The maximum absolute atomic E-state index is 12.0. The molecule has 3 rings (SSSR count). The van der Waals surface area contributed by atoms with Crippen LogP contribution >= 0.6 is 0 Å². The Morgan fingerprint density at radius 1 is 1.33 bits per heavy atom. The van der Waals surface area contributed by atoms with Crippen molar-refractivity contribution in [2.24, 2.45) is 0 Å². The standard InChI is InChI=1S/C14H16N4O3/c19-13(12-9-21-8-6-15-12)17-10-1-3-11(4-2-10)18-7-5-16-14(18)20/h1-5,7,12,15H,6,8-9H2,(H,16,20)(H,17,19). The molecule has 2 aromatic rings. The van der Waals surface area contributed by atoms with E-state index in [1.165, 1.54) is 4.57 Å². The number of carbonyl (C=O) groups is 1. The number of hydrogen-bond donors (Lipinski definition) is 3. The van der Waals surface area contributed by atoms with Crippen LogP contribution in [0.4, 0.5) is 5.69 Å². The number of aromatic amines is 1. The second kappa shape index (κ2) is 5.94. The summed E-state index contributed by atoms with van der Waals surface area (Å²) in [6.45, 7) is 1.68. The van der Waals surface area contributed by atoms with Gasteiger partial charge in [0, 0.05) is 24.6 Å². The number of nitrogens with zero attached hydrogens (tertiary/aromatic N) is 1. The summed E-state index contributed by atoms with van der Waals surface area (Å²) < 4.78 is 6.75. The quantitative estimate of drug-likeness (QED) is 0.747. The third-order valence-corrected chi connectivity index (χ3v) is 3.30. The van der Waals surface area contributed by atoms with Gasteiger partial charge in [0.25, 0.3) is 0 Å². The van der Waals surface area contributed by atoms with E-state index in [1.807, 2.05) is 0 Å². The monoisotopic (exact) mass is 288 g/mol. The zero-order chi connectivity index (χ0) is 14.7. The van der Waals surface area contributed by atoms with Crippen molar-refractivity contribution >= 4 is 11.6 Å². The van der Waals surface area contributed by atoms with Crippen LogP contribution in [0.3, 0.4) is 0 Å². The van der Waals surface area contributed by atoms with Crippen LogP contribution in [-0.2, 0) is 9.53 Å². The van der Waals surface area contributed by atoms with E-state index in [0.717, 1.165) is 5.69 Å². The first-order chi connectivity index (χ1) is 10.2. The molecule has 3 N–H and O–H groups in total. The number of aromatic nitrogens is 2. The number of carbonyl (C=O) groups excluding carboxylic acids is 1. The van der Waals surface area contributed by atoms with Gasteiger partial charge in [0.2, 0.25) is 5.91 Å². The van der Waals surface area contributed by atoms with Crippen molar-refractivity contribution in [3.05, 3.63) is 47.1 Å². The van der Waals surface area contributed by atoms with E-state index in [2.05, 4.69) is 15.6 Å². The van der Waals surface area contributed by atoms with E-state index in [1.54, 1.807) is 36.7 Å². The molecule has 2 heterocycles. The first kappa shape index (κ1) is 13.6. The Balaban J connectivity index is 1.68. The summed E-state index contributed by atoms with van der Waals surface area (Å²) in [5.41, 5.74) is 1.22. The smallest absolute Gasteiger partial charge is 0.330 e. The SMILES string of the molecule is O=C(Nc1ccc(-n2cc[nH]c2=O)cc1)C1COCCN1. The van der Waals surface area contributed by atoms with Gasteiger partial charge >= 0.3 is 5.69 Å². The molecule has 1 saturated heterocycles. The van der Waals surface area contributed by atoms with Gasteiger partial charge in [-0.05, 0) is 24.3 Å². The maximum atomic E-state index is 12.0. The molecule has 7 heteroatoms. The van der Waals surface area contributed by atoms with Gasteiger partial charge in [0.15, 0.2) is 0 Å². The second-order valence-corrected chi connectivity index (χ2v) is 4.75. The number of benzene rings is 1. The molecule has 1 aromatic carbocycles. The lowest BCUT2D eigenvalue weighted by Crippen LogP contribution is -2.48. The molecule has 1 aliphatic rings. The summed E-state index contributed by atoms with van der Waals surface area (Å²) in [5.74, 6) is -0.124. The Morgan fingerprint density at radius 3 is 2.76 bits per heavy atom. The molecule has 0 aliphatic carbocycles. The van der Waals surface area contributed by atoms with E-state index in [4.69, 9.17) is 4.74 Å². The van der Waals surface area contributed by atoms with Crippen LogP contribution in [0, 0.1) is 0 Å². The second-order valence-electron chi connectivity index (χ2n) is 4.75. The van der Waals surface area contributed by atoms with Gasteiger partial charge in [0.1, 0.15) is 6.04 Å². The summed E-state index contributed by atoms with van der Waals surface area (Å²) >= 11 is 0. The fraction of sp³-hybridized carbons (Fsp3) is 0.286. The minimum atomic E-state index is -0.328. The van der Waals surface area contributed by atoms with Crippen LogP contribution < -0.4 is 16.3 Å². The lowest BCUT2D eigenvalue weighted by molar-refractivity contribution is -0.120. The maximum Gasteiger partial charge on any atom is 0.330 e. The first-order valence-corrected chi connectivity index (χ1v) is 6.72. The lowest BCUT2D eigenvalue weighted by Gasteiger charge is -2.22. The van der Waals surface area contributed by atoms with Gasteiger partial charge in [-0.2, -0.15) is 0 Å². The molecule has 110 valence electrons. The summed E-state index contributed by atoms with van der Waals surface area (Å²) in [7, 11) is 0. The third-order valence-electron chi connectivity index (χ3n) is 3.30. The number of anilines is 1. The van der Waals surface area contributed by atoms with Crippen molar-refractivity contribution in [3.8, 4) is 5.69 Å². The van der Waals surface area contributed by atoms with Crippen molar-refractivity contribution < 1.29 is 9.53 Å². The van der Waals surface area contributed by atoms with Crippen molar-refractivity contribution in [2.75, 3.05) is 25.1 Å². The Hall–Kier alpha value is -2.38. The zero-order valence-electron chi connectivity index (χ0n) is 11.3. The summed E-state index contributed by atoms with van der Waals surface area (Å²) in [6, 6.07) is 6.74. The molecule has 1 fully saturated rings. The zero-order valence-corrected chi connectivity index (χ0v) is 11.3. The predicted molar refractivity (Wildman–Crippen MR) is 77.6 cm³/mol. The topological polar surface area (TPSA) is 88.2 Å². The minimum Gasteiger partial charge on any atom is -0.378 e. The molecule has 1 aliphatic heterocycles. The minimum absolute atomic E-state index is 0.124. The van der Waals surface area contributed by atoms with E-state index in [9.17, 15) is 9.59 Å². The molecule has 0 bridgehead atoms. The fourth-order valence-electron chi connectivity index (χ4n) is 2.19.